The molecule has 1 N–H and O–H groups in total. The number of anilines is 1. The van der Waals surface area contributed by atoms with Gasteiger partial charge in [0.1, 0.15) is 35.9 Å². The molecule has 3 rings (SSSR count). The van der Waals surface area contributed by atoms with Crippen molar-refractivity contribution in [1.29, 1.82) is 0 Å². The van der Waals surface area contributed by atoms with E-state index in [2.05, 4.69) is 25.8 Å². The number of nitrogens with one attached hydrogen (secondary N) is 1. The summed E-state index contributed by atoms with van der Waals surface area (Å²) < 4.78 is 19.6. The van der Waals surface area contributed by atoms with E-state index in [0.29, 0.717) is 16.6 Å². The van der Waals surface area contributed by atoms with Gasteiger partial charge in [-0.25, -0.2) is 9.07 Å². The number of ether oxygens (including phenoxy) is 1. The summed E-state index contributed by atoms with van der Waals surface area (Å²) in [6, 6.07) is 5.67. The Morgan fingerprint density at radius 3 is 2.87 bits per heavy atom. The van der Waals surface area contributed by atoms with Gasteiger partial charge in [-0.05, 0) is 24.3 Å². The molecule has 0 aliphatic heterocycles. The minimum absolute atomic E-state index is 0.00310. The molecule has 1 aromatic carbocycles. The van der Waals surface area contributed by atoms with E-state index in [9.17, 15) is 9.18 Å². The molecular formula is C13H11FN6O2S. The number of hydrogen-bond acceptors (Lipinski definition) is 7. The van der Waals surface area contributed by atoms with Gasteiger partial charge >= 0.3 is 0 Å². The Kier molecular flexibility index (Phi) is 4.52. The second kappa shape index (κ2) is 6.92. The first-order chi connectivity index (χ1) is 11.2. The number of hydrogen-bond donors (Lipinski definition) is 1. The number of nitrogens with zero attached hydrogens (tertiary/aromatic N) is 5. The van der Waals surface area contributed by atoms with Crippen LogP contribution in [0, 0.1) is 5.82 Å². The van der Waals surface area contributed by atoms with Crippen LogP contribution in [0.5, 0.6) is 5.75 Å². The van der Waals surface area contributed by atoms with E-state index in [0.717, 1.165) is 0 Å². The highest BCUT2D eigenvalue weighted by atomic mass is 32.1. The van der Waals surface area contributed by atoms with Gasteiger partial charge < -0.3 is 4.74 Å². The van der Waals surface area contributed by atoms with Crippen LogP contribution >= 0.6 is 11.3 Å². The Morgan fingerprint density at radius 2 is 2.13 bits per heavy atom. The molecule has 0 aliphatic carbocycles. The number of benzene rings is 1. The number of carbonyl (C=O) groups is 1. The lowest BCUT2D eigenvalue weighted by Crippen LogP contribution is -2.19. The fourth-order valence-corrected chi connectivity index (χ4v) is 2.16. The van der Waals surface area contributed by atoms with Gasteiger partial charge in [0.15, 0.2) is 0 Å². The van der Waals surface area contributed by atoms with Crippen LogP contribution in [0.25, 0.3) is 0 Å². The van der Waals surface area contributed by atoms with Crippen LogP contribution in [-0.4, -0.2) is 31.1 Å². The first-order valence-electron chi connectivity index (χ1n) is 6.52. The van der Waals surface area contributed by atoms with Crippen molar-refractivity contribution < 1.29 is 13.9 Å². The van der Waals surface area contributed by atoms with Gasteiger partial charge in [-0.15, -0.1) is 15.3 Å². The van der Waals surface area contributed by atoms with E-state index >= 15 is 0 Å². The monoisotopic (exact) mass is 334 g/mol. The summed E-state index contributed by atoms with van der Waals surface area (Å²) in [5.74, 6) is -0.0858. The van der Waals surface area contributed by atoms with Gasteiger partial charge in [-0.3, -0.25) is 10.1 Å². The SMILES string of the molecule is O=C(Cn1cc(COc2ccc(F)cc2)nn1)Nc1nncs1. The average molecular weight is 334 g/mol. The molecule has 0 fully saturated rings. The predicted octanol–water partition coefficient (Wildman–Crippen LogP) is 1.49. The Labute approximate surface area is 133 Å². The van der Waals surface area contributed by atoms with Crippen LogP contribution in [0.2, 0.25) is 0 Å². The third kappa shape index (κ3) is 4.30. The zero-order valence-corrected chi connectivity index (χ0v) is 12.5. The van der Waals surface area contributed by atoms with E-state index in [1.807, 2.05) is 0 Å². The standard InChI is InChI=1S/C13H11FN6O2S/c14-9-1-3-11(4-2-9)22-7-10-5-20(19-17-10)6-12(21)16-13-18-15-8-23-13/h1-5,8H,6-7H2,(H,16,18,21). The third-order valence-corrected chi connectivity index (χ3v) is 3.31. The summed E-state index contributed by atoms with van der Waals surface area (Å²) in [5, 5.41) is 18.1. The lowest BCUT2D eigenvalue weighted by molar-refractivity contribution is -0.116. The van der Waals surface area contributed by atoms with Crippen molar-refractivity contribution in [1.82, 2.24) is 25.2 Å². The zero-order chi connectivity index (χ0) is 16.1. The van der Waals surface area contributed by atoms with Crippen LogP contribution in [-0.2, 0) is 17.9 Å². The van der Waals surface area contributed by atoms with E-state index < -0.39 is 0 Å². The van der Waals surface area contributed by atoms with Gasteiger partial charge in [-0.2, -0.15) is 0 Å². The van der Waals surface area contributed by atoms with Crippen LogP contribution < -0.4 is 10.1 Å². The average Bonchev–Trinajstić information content (AvgIpc) is 3.19. The quantitative estimate of drug-likeness (QED) is 0.734. The second-order valence-corrected chi connectivity index (χ2v) is 5.28. The van der Waals surface area contributed by atoms with Crippen LogP contribution in [0.4, 0.5) is 9.52 Å². The Bertz CT molecular complexity index is 774. The minimum Gasteiger partial charge on any atom is -0.487 e. The molecule has 8 nitrogen and oxygen atoms in total. The molecule has 0 unspecified atom stereocenters. The fourth-order valence-electron chi connectivity index (χ4n) is 1.70. The third-order valence-electron chi connectivity index (χ3n) is 2.70. The molecule has 3 aromatic rings. The highest BCUT2D eigenvalue weighted by Gasteiger charge is 2.08. The Balaban J connectivity index is 1.51. The van der Waals surface area contributed by atoms with Crippen molar-refractivity contribution in [2.45, 2.75) is 13.2 Å². The van der Waals surface area contributed by atoms with Crippen LogP contribution in [0.1, 0.15) is 5.69 Å². The zero-order valence-electron chi connectivity index (χ0n) is 11.7. The van der Waals surface area contributed by atoms with Crippen molar-refractivity contribution in [2.75, 3.05) is 5.32 Å². The van der Waals surface area contributed by atoms with E-state index in [1.165, 1.54) is 45.8 Å². The number of aromatic nitrogens is 5. The largest absolute Gasteiger partial charge is 0.487 e. The highest BCUT2D eigenvalue weighted by molar-refractivity contribution is 7.13. The first kappa shape index (κ1) is 15.0. The lowest BCUT2D eigenvalue weighted by atomic mass is 10.3. The summed E-state index contributed by atoms with van der Waals surface area (Å²) in [6.45, 7) is 0.173. The smallest absolute Gasteiger partial charge is 0.247 e. The van der Waals surface area contributed by atoms with E-state index in [1.54, 1.807) is 6.20 Å². The van der Waals surface area contributed by atoms with Crippen LogP contribution in [0.15, 0.2) is 36.0 Å². The number of carbonyl (C=O) groups excluding carboxylic acids is 1. The normalized spacial score (nSPS) is 10.5. The van der Waals surface area contributed by atoms with Crippen molar-refractivity contribution in [2.24, 2.45) is 0 Å². The molecule has 23 heavy (non-hydrogen) atoms. The Hall–Kier alpha value is -2.88. The van der Waals surface area contributed by atoms with E-state index in [4.69, 9.17) is 4.74 Å². The summed E-state index contributed by atoms with van der Waals surface area (Å²) in [4.78, 5) is 11.8. The van der Waals surface area contributed by atoms with Gasteiger partial charge in [0, 0.05) is 0 Å². The molecule has 0 saturated heterocycles. The van der Waals surface area contributed by atoms with Crippen LogP contribution in [0.3, 0.4) is 0 Å². The molecule has 0 radical (unpaired) electrons. The molecule has 118 valence electrons. The predicted molar refractivity (Wildman–Crippen MR) is 79.3 cm³/mol. The molecule has 0 aliphatic rings. The topological polar surface area (TPSA) is 94.8 Å². The molecule has 10 heteroatoms. The van der Waals surface area contributed by atoms with Gasteiger partial charge in [0.2, 0.25) is 11.0 Å². The van der Waals surface area contributed by atoms with Crippen molar-refractivity contribution in [3.05, 3.63) is 47.5 Å². The molecular weight excluding hydrogens is 323 g/mol. The summed E-state index contributed by atoms with van der Waals surface area (Å²) in [6.07, 6.45) is 1.60. The van der Waals surface area contributed by atoms with E-state index in [-0.39, 0.29) is 24.9 Å². The number of rotatable bonds is 6. The van der Waals surface area contributed by atoms with Gasteiger partial charge in [-0.1, -0.05) is 16.6 Å². The van der Waals surface area contributed by atoms with Crippen molar-refractivity contribution in [3.63, 3.8) is 0 Å². The highest BCUT2D eigenvalue weighted by Crippen LogP contribution is 2.12. The second-order valence-electron chi connectivity index (χ2n) is 4.44. The summed E-state index contributed by atoms with van der Waals surface area (Å²) in [7, 11) is 0. The molecule has 0 saturated carbocycles. The summed E-state index contributed by atoms with van der Waals surface area (Å²) in [5.41, 5.74) is 2.08. The van der Waals surface area contributed by atoms with Crippen molar-refractivity contribution >= 4 is 22.4 Å². The molecule has 1 amide bonds. The van der Waals surface area contributed by atoms with Gasteiger partial charge in [0.05, 0.1) is 6.20 Å². The first-order valence-corrected chi connectivity index (χ1v) is 7.40. The number of amides is 1. The summed E-state index contributed by atoms with van der Waals surface area (Å²) >= 11 is 1.23. The molecule has 0 bridgehead atoms. The molecule has 0 spiro atoms. The van der Waals surface area contributed by atoms with Crippen molar-refractivity contribution in [3.8, 4) is 5.75 Å². The van der Waals surface area contributed by atoms with Gasteiger partial charge in [0.25, 0.3) is 0 Å². The molecule has 0 atom stereocenters. The molecule has 2 heterocycles. The fraction of sp³-hybridized carbons (Fsp3) is 0.154. The minimum atomic E-state index is -0.329. The lowest BCUT2D eigenvalue weighted by Gasteiger charge is -2.03. The maximum atomic E-state index is 12.8. The molecule has 2 aromatic heterocycles. The number of halogens is 1. The maximum absolute atomic E-state index is 12.8. The maximum Gasteiger partial charge on any atom is 0.247 e. The Morgan fingerprint density at radius 1 is 1.30 bits per heavy atom.